The van der Waals surface area contributed by atoms with Crippen molar-refractivity contribution in [3.63, 3.8) is 0 Å². The number of hydrogen-bond donors (Lipinski definition) is 1. The first-order valence-electron chi connectivity index (χ1n) is 8.88. The fourth-order valence-corrected chi connectivity index (χ4v) is 4.09. The Morgan fingerprint density at radius 3 is 2.23 bits per heavy atom. The molecule has 0 aliphatic carbocycles. The molecule has 0 fully saturated rings. The summed E-state index contributed by atoms with van der Waals surface area (Å²) in [7, 11) is 0. The minimum Gasteiger partial charge on any atom is -0.481 e. The number of rotatable bonds is 8. The predicted molar refractivity (Wildman–Crippen MR) is 107 cm³/mol. The highest BCUT2D eigenvalue weighted by Gasteiger charge is 2.23. The van der Waals surface area contributed by atoms with Gasteiger partial charge in [-0.3, -0.25) is 9.59 Å². The quantitative estimate of drug-likeness (QED) is 0.670. The van der Waals surface area contributed by atoms with Crippen molar-refractivity contribution in [3.05, 3.63) is 60.2 Å². The van der Waals surface area contributed by atoms with E-state index in [1.54, 1.807) is 4.90 Å². The lowest BCUT2D eigenvalue weighted by molar-refractivity contribution is -0.137. The highest BCUT2D eigenvalue weighted by Crippen LogP contribution is 2.40. The first kappa shape index (κ1) is 20.0. The molecule has 0 saturated carbocycles. The molecule has 5 heteroatoms. The summed E-state index contributed by atoms with van der Waals surface area (Å²) in [5, 5.41) is 8.92. The monoisotopic (exact) mass is 371 g/mol. The van der Waals surface area contributed by atoms with E-state index in [1.807, 2.05) is 68.4 Å². The molecule has 0 saturated heterocycles. The zero-order valence-corrected chi connectivity index (χ0v) is 16.0. The molecular weight excluding hydrogens is 346 g/mol. The fourth-order valence-electron chi connectivity index (χ4n) is 2.87. The molecule has 138 valence electrons. The first-order chi connectivity index (χ1) is 12.6. The minimum absolute atomic E-state index is 0.00625. The molecule has 0 aliphatic heterocycles. The summed E-state index contributed by atoms with van der Waals surface area (Å²) in [4.78, 5) is 25.5. The Morgan fingerprint density at radius 2 is 1.62 bits per heavy atom. The molecular formula is C21H25NO3S. The van der Waals surface area contributed by atoms with Gasteiger partial charge >= 0.3 is 5.97 Å². The van der Waals surface area contributed by atoms with E-state index in [0.717, 1.165) is 16.7 Å². The SMILES string of the molecule is CCN(CC)C(=O)SC(CCC(=O)O)c1ccccc1-c1ccccc1. The van der Waals surface area contributed by atoms with Crippen LogP contribution in [0.2, 0.25) is 0 Å². The smallest absolute Gasteiger partial charge is 0.303 e. The fraction of sp³-hybridized carbons (Fsp3) is 0.333. The Balaban J connectivity index is 2.36. The van der Waals surface area contributed by atoms with Crippen molar-refractivity contribution in [1.82, 2.24) is 4.90 Å². The van der Waals surface area contributed by atoms with Crippen LogP contribution in [0.3, 0.4) is 0 Å². The number of nitrogens with zero attached hydrogens (tertiary/aromatic N) is 1. The molecule has 2 aromatic carbocycles. The van der Waals surface area contributed by atoms with Crippen LogP contribution in [0.4, 0.5) is 4.79 Å². The molecule has 0 aliphatic rings. The number of carboxylic acid groups (broad SMARTS) is 1. The third kappa shape index (κ3) is 5.36. The van der Waals surface area contributed by atoms with Gasteiger partial charge in [-0.2, -0.15) is 0 Å². The van der Waals surface area contributed by atoms with Crippen molar-refractivity contribution in [1.29, 1.82) is 0 Å². The van der Waals surface area contributed by atoms with Crippen LogP contribution in [0.5, 0.6) is 0 Å². The Hall–Kier alpha value is -2.27. The van der Waals surface area contributed by atoms with Crippen molar-refractivity contribution in [3.8, 4) is 11.1 Å². The second-order valence-corrected chi connectivity index (χ2v) is 7.08. The number of benzene rings is 2. The van der Waals surface area contributed by atoms with Gasteiger partial charge in [-0.05, 0) is 37.0 Å². The zero-order valence-electron chi connectivity index (χ0n) is 15.2. The molecule has 0 bridgehead atoms. The van der Waals surface area contributed by atoms with Gasteiger partial charge in [0.1, 0.15) is 0 Å². The van der Waals surface area contributed by atoms with Gasteiger partial charge in [-0.25, -0.2) is 0 Å². The number of amides is 1. The van der Waals surface area contributed by atoms with E-state index in [0.29, 0.717) is 19.5 Å². The average Bonchev–Trinajstić information content (AvgIpc) is 2.66. The zero-order chi connectivity index (χ0) is 18.9. The Labute approximate surface area is 159 Å². The molecule has 1 unspecified atom stereocenters. The van der Waals surface area contributed by atoms with Gasteiger partial charge in [0, 0.05) is 24.8 Å². The molecule has 0 aromatic heterocycles. The van der Waals surface area contributed by atoms with Crippen LogP contribution in [-0.4, -0.2) is 34.3 Å². The summed E-state index contributed by atoms with van der Waals surface area (Å²) in [6.45, 7) is 5.20. The molecule has 1 amide bonds. The molecule has 2 rings (SSSR count). The summed E-state index contributed by atoms with van der Waals surface area (Å²) in [5.74, 6) is -0.844. The molecule has 0 radical (unpaired) electrons. The third-order valence-electron chi connectivity index (χ3n) is 4.28. The van der Waals surface area contributed by atoms with Gasteiger partial charge in [0.2, 0.25) is 0 Å². The van der Waals surface area contributed by atoms with E-state index < -0.39 is 5.97 Å². The third-order valence-corrected chi connectivity index (χ3v) is 5.51. The summed E-state index contributed by atoms with van der Waals surface area (Å²) in [6.07, 6.45) is 0.448. The van der Waals surface area contributed by atoms with Gasteiger partial charge < -0.3 is 10.0 Å². The number of thioether (sulfide) groups is 1. The Bertz CT molecular complexity index is 729. The Kier molecular flexibility index (Phi) is 7.73. The van der Waals surface area contributed by atoms with Gasteiger partial charge in [-0.1, -0.05) is 66.4 Å². The Morgan fingerprint density at radius 1 is 1.00 bits per heavy atom. The number of hydrogen-bond acceptors (Lipinski definition) is 3. The summed E-state index contributed by atoms with van der Waals surface area (Å²) >= 11 is 1.23. The molecule has 26 heavy (non-hydrogen) atoms. The normalized spacial score (nSPS) is 11.8. The maximum atomic E-state index is 12.6. The average molecular weight is 372 g/mol. The number of aliphatic carboxylic acids is 1. The van der Waals surface area contributed by atoms with Crippen molar-refractivity contribution in [2.45, 2.75) is 31.9 Å². The van der Waals surface area contributed by atoms with Crippen molar-refractivity contribution < 1.29 is 14.7 Å². The van der Waals surface area contributed by atoms with Crippen LogP contribution >= 0.6 is 11.8 Å². The maximum Gasteiger partial charge on any atom is 0.303 e. The molecule has 2 aromatic rings. The largest absolute Gasteiger partial charge is 0.481 e. The van der Waals surface area contributed by atoms with Crippen LogP contribution in [0.25, 0.3) is 11.1 Å². The maximum absolute atomic E-state index is 12.6. The van der Waals surface area contributed by atoms with Crippen molar-refractivity contribution in [2.75, 3.05) is 13.1 Å². The lowest BCUT2D eigenvalue weighted by Crippen LogP contribution is -2.27. The number of carbonyl (C=O) groups excluding carboxylic acids is 1. The second-order valence-electron chi connectivity index (χ2n) is 5.93. The summed E-state index contributed by atoms with van der Waals surface area (Å²) < 4.78 is 0. The number of carbonyl (C=O) groups is 2. The molecule has 0 spiro atoms. The van der Waals surface area contributed by atoms with E-state index in [-0.39, 0.29) is 16.9 Å². The molecule has 4 nitrogen and oxygen atoms in total. The van der Waals surface area contributed by atoms with Gasteiger partial charge in [-0.15, -0.1) is 0 Å². The van der Waals surface area contributed by atoms with Crippen LogP contribution in [0.1, 0.15) is 37.5 Å². The summed E-state index contributed by atoms with van der Waals surface area (Å²) in [6, 6.07) is 17.9. The van der Waals surface area contributed by atoms with E-state index in [9.17, 15) is 9.59 Å². The second kappa shape index (κ2) is 10.0. The highest BCUT2D eigenvalue weighted by atomic mass is 32.2. The summed E-state index contributed by atoms with van der Waals surface area (Å²) in [5.41, 5.74) is 3.12. The van der Waals surface area contributed by atoms with Crippen LogP contribution in [-0.2, 0) is 4.79 Å². The lowest BCUT2D eigenvalue weighted by atomic mass is 9.96. The van der Waals surface area contributed by atoms with Crippen LogP contribution < -0.4 is 0 Å². The van der Waals surface area contributed by atoms with Crippen LogP contribution in [0.15, 0.2) is 54.6 Å². The van der Waals surface area contributed by atoms with E-state index >= 15 is 0 Å². The first-order valence-corrected chi connectivity index (χ1v) is 9.76. The topological polar surface area (TPSA) is 57.6 Å². The van der Waals surface area contributed by atoms with E-state index in [4.69, 9.17) is 5.11 Å². The van der Waals surface area contributed by atoms with Crippen molar-refractivity contribution >= 4 is 23.0 Å². The van der Waals surface area contributed by atoms with Gasteiger partial charge in [0.05, 0.1) is 0 Å². The lowest BCUT2D eigenvalue weighted by Gasteiger charge is -2.23. The van der Waals surface area contributed by atoms with Gasteiger partial charge in [0.25, 0.3) is 5.24 Å². The van der Waals surface area contributed by atoms with Crippen LogP contribution in [0, 0.1) is 0 Å². The van der Waals surface area contributed by atoms with Crippen molar-refractivity contribution in [2.24, 2.45) is 0 Å². The standard InChI is InChI=1S/C21H25NO3S/c1-3-22(4-2)21(25)26-19(14-15-20(23)24)18-13-9-8-12-17(18)16-10-6-5-7-11-16/h5-13,19H,3-4,14-15H2,1-2H3,(H,23,24). The molecule has 0 heterocycles. The molecule has 1 atom stereocenters. The minimum atomic E-state index is -0.844. The van der Waals surface area contributed by atoms with E-state index in [2.05, 4.69) is 0 Å². The number of carboxylic acids is 1. The van der Waals surface area contributed by atoms with E-state index in [1.165, 1.54) is 11.8 Å². The molecule has 1 N–H and O–H groups in total. The highest BCUT2D eigenvalue weighted by molar-refractivity contribution is 8.13. The predicted octanol–water partition coefficient (Wildman–Crippen LogP) is 5.45. The van der Waals surface area contributed by atoms with Gasteiger partial charge in [0.15, 0.2) is 0 Å².